The van der Waals surface area contributed by atoms with E-state index in [1.165, 1.54) is 37.9 Å². The zero-order chi connectivity index (χ0) is 9.80. The molecular formula is C10H15ClN2S. The van der Waals surface area contributed by atoms with E-state index in [-0.39, 0.29) is 0 Å². The van der Waals surface area contributed by atoms with Crippen molar-refractivity contribution in [1.82, 2.24) is 10.4 Å². The van der Waals surface area contributed by atoms with Crippen LogP contribution >= 0.6 is 22.9 Å². The van der Waals surface area contributed by atoms with E-state index in [0.29, 0.717) is 0 Å². The second kappa shape index (κ2) is 5.12. The van der Waals surface area contributed by atoms with Crippen molar-refractivity contribution < 1.29 is 0 Å². The normalized spacial score (nSPS) is 18.6. The molecule has 0 bridgehead atoms. The zero-order valence-corrected chi connectivity index (χ0v) is 9.70. The highest BCUT2D eigenvalue weighted by molar-refractivity contribution is 7.14. The van der Waals surface area contributed by atoms with Crippen LogP contribution in [0.5, 0.6) is 0 Å². The van der Waals surface area contributed by atoms with Gasteiger partial charge in [-0.25, -0.2) is 5.01 Å². The summed E-state index contributed by atoms with van der Waals surface area (Å²) >= 11 is 7.62. The molecule has 0 aromatic carbocycles. The summed E-state index contributed by atoms with van der Waals surface area (Å²) in [5.41, 5.74) is 4.63. The summed E-state index contributed by atoms with van der Waals surface area (Å²) in [5, 5.41) is 4.34. The smallest absolute Gasteiger partial charge is 0.0973 e. The quantitative estimate of drug-likeness (QED) is 0.859. The fraction of sp³-hybridized carbons (Fsp3) is 0.600. The molecule has 0 atom stereocenters. The van der Waals surface area contributed by atoms with Crippen molar-refractivity contribution in [3.05, 3.63) is 21.3 Å². The number of hydrazine groups is 1. The summed E-state index contributed by atoms with van der Waals surface area (Å²) in [6.45, 7) is 3.20. The molecule has 2 heterocycles. The molecule has 1 fully saturated rings. The molecule has 78 valence electrons. The van der Waals surface area contributed by atoms with Gasteiger partial charge in [0, 0.05) is 19.6 Å². The van der Waals surface area contributed by atoms with Crippen molar-refractivity contribution in [2.45, 2.75) is 25.8 Å². The van der Waals surface area contributed by atoms with Gasteiger partial charge in [-0.3, -0.25) is 5.43 Å². The van der Waals surface area contributed by atoms with Crippen LogP contribution in [0, 0.1) is 0 Å². The van der Waals surface area contributed by atoms with Crippen molar-refractivity contribution in [2.75, 3.05) is 13.1 Å². The van der Waals surface area contributed by atoms with E-state index in [9.17, 15) is 0 Å². The molecule has 0 unspecified atom stereocenters. The van der Waals surface area contributed by atoms with Crippen LogP contribution in [-0.2, 0) is 6.54 Å². The Morgan fingerprint density at radius 3 is 2.79 bits per heavy atom. The number of thiophene rings is 1. The highest BCUT2D eigenvalue weighted by atomic mass is 35.5. The van der Waals surface area contributed by atoms with E-state index in [1.807, 2.05) is 5.38 Å². The third kappa shape index (κ3) is 2.70. The Kier molecular flexibility index (Phi) is 3.81. The van der Waals surface area contributed by atoms with Gasteiger partial charge in [-0.05, 0) is 29.9 Å². The minimum absolute atomic E-state index is 0.863. The summed E-state index contributed by atoms with van der Waals surface area (Å²) in [5.74, 6) is 0. The fourth-order valence-corrected chi connectivity index (χ4v) is 2.62. The standard InChI is InChI=1S/C10H15ClN2S/c11-10-9(4-7-14-10)8-12-13-5-2-1-3-6-13/h4,7,12H,1-3,5-6,8H2. The summed E-state index contributed by atoms with van der Waals surface area (Å²) < 4.78 is 0.912. The van der Waals surface area contributed by atoms with Gasteiger partial charge in [0.1, 0.15) is 0 Å². The summed E-state index contributed by atoms with van der Waals surface area (Å²) in [4.78, 5) is 0. The second-order valence-corrected chi connectivity index (χ2v) is 5.12. The topological polar surface area (TPSA) is 15.3 Å². The Hall–Kier alpha value is -0.0900. The van der Waals surface area contributed by atoms with E-state index >= 15 is 0 Å². The number of nitrogens with zero attached hydrogens (tertiary/aromatic N) is 1. The highest BCUT2D eigenvalue weighted by Crippen LogP contribution is 2.22. The van der Waals surface area contributed by atoms with Gasteiger partial charge in [0.2, 0.25) is 0 Å². The number of piperidine rings is 1. The van der Waals surface area contributed by atoms with Crippen LogP contribution in [-0.4, -0.2) is 18.1 Å². The molecule has 0 spiro atoms. The van der Waals surface area contributed by atoms with Crippen LogP contribution < -0.4 is 5.43 Å². The lowest BCUT2D eigenvalue weighted by molar-refractivity contribution is 0.151. The second-order valence-electron chi connectivity index (χ2n) is 3.60. The van der Waals surface area contributed by atoms with Crippen LogP contribution in [0.3, 0.4) is 0 Å². The lowest BCUT2D eigenvalue weighted by atomic mass is 10.2. The van der Waals surface area contributed by atoms with Gasteiger partial charge >= 0.3 is 0 Å². The lowest BCUT2D eigenvalue weighted by Gasteiger charge is -2.26. The van der Waals surface area contributed by atoms with Crippen molar-refractivity contribution in [3.63, 3.8) is 0 Å². The summed E-state index contributed by atoms with van der Waals surface area (Å²) in [7, 11) is 0. The first kappa shape index (κ1) is 10.4. The van der Waals surface area contributed by atoms with Crippen LogP contribution in [0.2, 0.25) is 4.34 Å². The molecule has 0 aliphatic carbocycles. The number of halogens is 1. The molecule has 1 aliphatic heterocycles. The van der Waals surface area contributed by atoms with Gasteiger partial charge in [-0.1, -0.05) is 18.0 Å². The maximum atomic E-state index is 6.02. The van der Waals surface area contributed by atoms with E-state index in [4.69, 9.17) is 11.6 Å². The number of rotatable bonds is 3. The van der Waals surface area contributed by atoms with Gasteiger partial charge in [0.25, 0.3) is 0 Å². The van der Waals surface area contributed by atoms with Crippen LogP contribution in [0.15, 0.2) is 11.4 Å². The average molecular weight is 231 g/mol. The molecule has 1 aliphatic rings. The van der Waals surface area contributed by atoms with Crippen molar-refractivity contribution >= 4 is 22.9 Å². The summed E-state index contributed by atoms with van der Waals surface area (Å²) in [6, 6.07) is 2.09. The van der Waals surface area contributed by atoms with Crippen LogP contribution in [0.25, 0.3) is 0 Å². The lowest BCUT2D eigenvalue weighted by Crippen LogP contribution is -2.41. The monoisotopic (exact) mass is 230 g/mol. The zero-order valence-electron chi connectivity index (χ0n) is 8.13. The highest BCUT2D eigenvalue weighted by Gasteiger charge is 2.09. The molecular weight excluding hydrogens is 216 g/mol. The Morgan fingerprint density at radius 1 is 1.36 bits per heavy atom. The Morgan fingerprint density at radius 2 is 2.14 bits per heavy atom. The van der Waals surface area contributed by atoms with Gasteiger partial charge in [-0.15, -0.1) is 11.3 Å². The maximum Gasteiger partial charge on any atom is 0.0973 e. The van der Waals surface area contributed by atoms with Gasteiger partial charge in [0.05, 0.1) is 4.34 Å². The summed E-state index contributed by atoms with van der Waals surface area (Å²) in [6.07, 6.45) is 3.99. The van der Waals surface area contributed by atoms with E-state index in [2.05, 4.69) is 16.5 Å². The molecule has 1 aromatic rings. The molecule has 1 aromatic heterocycles. The number of hydrogen-bond acceptors (Lipinski definition) is 3. The molecule has 0 saturated carbocycles. The molecule has 1 N–H and O–H groups in total. The van der Waals surface area contributed by atoms with Crippen molar-refractivity contribution in [3.8, 4) is 0 Å². The maximum absolute atomic E-state index is 6.02. The molecule has 4 heteroatoms. The molecule has 14 heavy (non-hydrogen) atoms. The van der Waals surface area contributed by atoms with E-state index < -0.39 is 0 Å². The molecule has 0 amide bonds. The molecule has 0 radical (unpaired) electrons. The minimum atomic E-state index is 0.863. The third-order valence-electron chi connectivity index (χ3n) is 2.54. The molecule has 2 nitrogen and oxygen atoms in total. The van der Waals surface area contributed by atoms with E-state index in [1.54, 1.807) is 11.3 Å². The molecule has 1 saturated heterocycles. The number of nitrogens with one attached hydrogen (secondary N) is 1. The van der Waals surface area contributed by atoms with E-state index in [0.717, 1.165) is 10.9 Å². The SMILES string of the molecule is Clc1sccc1CNN1CCCCC1. The fourth-order valence-electron chi connectivity index (χ4n) is 1.69. The van der Waals surface area contributed by atoms with Crippen LogP contribution in [0.4, 0.5) is 0 Å². The van der Waals surface area contributed by atoms with Crippen molar-refractivity contribution in [2.24, 2.45) is 0 Å². The predicted octanol–water partition coefficient (Wildman–Crippen LogP) is 2.89. The molecule has 2 rings (SSSR count). The first-order chi connectivity index (χ1) is 6.86. The Balaban J connectivity index is 1.79. The number of hydrogen-bond donors (Lipinski definition) is 1. The first-order valence-electron chi connectivity index (χ1n) is 5.06. The average Bonchev–Trinajstić information content (AvgIpc) is 2.63. The van der Waals surface area contributed by atoms with Crippen LogP contribution in [0.1, 0.15) is 24.8 Å². The van der Waals surface area contributed by atoms with Gasteiger partial charge in [-0.2, -0.15) is 0 Å². The van der Waals surface area contributed by atoms with Gasteiger partial charge in [0.15, 0.2) is 0 Å². The van der Waals surface area contributed by atoms with Gasteiger partial charge < -0.3 is 0 Å². The Bertz CT molecular complexity index is 281. The largest absolute Gasteiger partial charge is 0.251 e. The predicted molar refractivity (Wildman–Crippen MR) is 61.6 cm³/mol. The Labute approximate surface area is 93.8 Å². The third-order valence-corrected chi connectivity index (χ3v) is 3.79. The first-order valence-corrected chi connectivity index (χ1v) is 6.32. The minimum Gasteiger partial charge on any atom is -0.251 e. The van der Waals surface area contributed by atoms with Crippen molar-refractivity contribution in [1.29, 1.82) is 0 Å².